The molecule has 1 aromatic rings. The van der Waals surface area contributed by atoms with Gasteiger partial charge in [-0.1, -0.05) is 6.92 Å². The van der Waals surface area contributed by atoms with E-state index in [1.807, 2.05) is 0 Å². The van der Waals surface area contributed by atoms with Crippen molar-refractivity contribution in [3.63, 3.8) is 0 Å². The van der Waals surface area contributed by atoms with Gasteiger partial charge in [0.05, 0.1) is 11.8 Å². The minimum absolute atomic E-state index is 0.123. The SMILES string of the molecule is CC1CC(OC(=O)c2ccoc2)C1. The molecule has 0 aliphatic heterocycles. The fourth-order valence-corrected chi connectivity index (χ4v) is 1.52. The highest BCUT2D eigenvalue weighted by molar-refractivity contribution is 5.89. The number of furan rings is 1. The highest BCUT2D eigenvalue weighted by Crippen LogP contribution is 2.29. The molecular formula is C10H12O3. The first-order valence-corrected chi connectivity index (χ1v) is 4.49. The van der Waals surface area contributed by atoms with Crippen molar-refractivity contribution in [2.24, 2.45) is 5.92 Å². The van der Waals surface area contributed by atoms with Crippen LogP contribution in [0.2, 0.25) is 0 Å². The first-order chi connectivity index (χ1) is 6.25. The van der Waals surface area contributed by atoms with E-state index in [9.17, 15) is 4.79 Å². The van der Waals surface area contributed by atoms with Crippen LogP contribution >= 0.6 is 0 Å². The molecule has 0 spiro atoms. The Morgan fingerprint density at radius 2 is 2.38 bits per heavy atom. The molecule has 0 saturated heterocycles. The zero-order chi connectivity index (χ0) is 9.26. The van der Waals surface area contributed by atoms with Gasteiger partial charge in [0.1, 0.15) is 12.4 Å². The first kappa shape index (κ1) is 8.35. The smallest absolute Gasteiger partial charge is 0.341 e. The average molecular weight is 180 g/mol. The lowest BCUT2D eigenvalue weighted by molar-refractivity contribution is -0.00739. The molecule has 0 aromatic carbocycles. The van der Waals surface area contributed by atoms with Crippen molar-refractivity contribution in [2.45, 2.75) is 25.9 Å². The maximum Gasteiger partial charge on any atom is 0.341 e. The van der Waals surface area contributed by atoms with Crippen molar-refractivity contribution in [1.82, 2.24) is 0 Å². The van der Waals surface area contributed by atoms with Crippen molar-refractivity contribution in [2.75, 3.05) is 0 Å². The molecule has 1 saturated carbocycles. The van der Waals surface area contributed by atoms with E-state index >= 15 is 0 Å². The topological polar surface area (TPSA) is 39.4 Å². The minimum atomic E-state index is -0.273. The van der Waals surface area contributed by atoms with Crippen molar-refractivity contribution < 1.29 is 13.9 Å². The second kappa shape index (κ2) is 3.24. The van der Waals surface area contributed by atoms with Gasteiger partial charge in [-0.05, 0) is 24.8 Å². The molecule has 1 fully saturated rings. The highest BCUT2D eigenvalue weighted by Gasteiger charge is 2.29. The van der Waals surface area contributed by atoms with Gasteiger partial charge in [0.2, 0.25) is 0 Å². The van der Waals surface area contributed by atoms with Crippen molar-refractivity contribution >= 4 is 5.97 Å². The largest absolute Gasteiger partial charge is 0.472 e. The molecule has 0 radical (unpaired) electrons. The molecule has 0 bridgehead atoms. The van der Waals surface area contributed by atoms with Gasteiger partial charge in [0, 0.05) is 0 Å². The molecule has 70 valence electrons. The predicted molar refractivity (Wildman–Crippen MR) is 46.3 cm³/mol. The summed E-state index contributed by atoms with van der Waals surface area (Å²) in [7, 11) is 0. The fraction of sp³-hybridized carbons (Fsp3) is 0.500. The second-order valence-electron chi connectivity index (χ2n) is 3.62. The molecule has 0 N–H and O–H groups in total. The Morgan fingerprint density at radius 1 is 1.62 bits per heavy atom. The maximum absolute atomic E-state index is 11.3. The normalized spacial score (nSPS) is 26.5. The van der Waals surface area contributed by atoms with Gasteiger partial charge in [-0.15, -0.1) is 0 Å². The van der Waals surface area contributed by atoms with Crippen LogP contribution in [0.3, 0.4) is 0 Å². The highest BCUT2D eigenvalue weighted by atomic mass is 16.5. The summed E-state index contributed by atoms with van der Waals surface area (Å²) in [5, 5.41) is 0. The third kappa shape index (κ3) is 1.74. The molecular weight excluding hydrogens is 168 g/mol. The third-order valence-corrected chi connectivity index (χ3v) is 2.36. The standard InChI is InChI=1S/C10H12O3/c1-7-4-9(5-7)13-10(11)8-2-3-12-6-8/h2-3,6-7,9H,4-5H2,1H3. The average Bonchev–Trinajstić information content (AvgIpc) is 2.53. The maximum atomic E-state index is 11.3. The zero-order valence-corrected chi connectivity index (χ0v) is 7.53. The quantitative estimate of drug-likeness (QED) is 0.655. The lowest BCUT2D eigenvalue weighted by atomic mass is 9.84. The number of carbonyl (C=O) groups excluding carboxylic acids is 1. The molecule has 2 rings (SSSR count). The molecule has 1 aromatic heterocycles. The van der Waals surface area contributed by atoms with Gasteiger partial charge >= 0.3 is 5.97 Å². The second-order valence-corrected chi connectivity index (χ2v) is 3.62. The molecule has 0 unspecified atom stereocenters. The lowest BCUT2D eigenvalue weighted by Crippen LogP contribution is -2.31. The van der Waals surface area contributed by atoms with E-state index < -0.39 is 0 Å². The van der Waals surface area contributed by atoms with Crippen molar-refractivity contribution in [3.05, 3.63) is 24.2 Å². The first-order valence-electron chi connectivity index (χ1n) is 4.49. The molecule has 1 heterocycles. The summed E-state index contributed by atoms with van der Waals surface area (Å²) in [6.45, 7) is 2.15. The predicted octanol–water partition coefficient (Wildman–Crippen LogP) is 2.23. The van der Waals surface area contributed by atoms with Gasteiger partial charge in [-0.2, -0.15) is 0 Å². The Bertz CT molecular complexity index is 283. The van der Waals surface area contributed by atoms with Crippen LogP contribution in [-0.4, -0.2) is 12.1 Å². The Kier molecular flexibility index (Phi) is 2.08. The number of ether oxygens (including phenoxy) is 1. The van der Waals surface area contributed by atoms with Crippen LogP contribution in [0.5, 0.6) is 0 Å². The molecule has 1 aliphatic carbocycles. The number of rotatable bonds is 2. The fourth-order valence-electron chi connectivity index (χ4n) is 1.52. The van der Waals surface area contributed by atoms with E-state index in [1.54, 1.807) is 6.07 Å². The number of hydrogen-bond acceptors (Lipinski definition) is 3. The summed E-state index contributed by atoms with van der Waals surface area (Å²) >= 11 is 0. The van der Waals surface area contributed by atoms with E-state index in [4.69, 9.17) is 9.15 Å². The van der Waals surface area contributed by atoms with Crippen LogP contribution in [0, 0.1) is 5.92 Å². The zero-order valence-electron chi connectivity index (χ0n) is 7.53. The van der Waals surface area contributed by atoms with Crippen LogP contribution in [0.25, 0.3) is 0 Å². The van der Waals surface area contributed by atoms with E-state index in [1.165, 1.54) is 12.5 Å². The van der Waals surface area contributed by atoms with Crippen LogP contribution in [0.15, 0.2) is 23.0 Å². The summed E-state index contributed by atoms with van der Waals surface area (Å²) < 4.78 is 9.99. The monoisotopic (exact) mass is 180 g/mol. The number of carbonyl (C=O) groups is 1. The van der Waals surface area contributed by atoms with Gasteiger partial charge < -0.3 is 9.15 Å². The van der Waals surface area contributed by atoms with Crippen LogP contribution in [0.1, 0.15) is 30.1 Å². The van der Waals surface area contributed by atoms with Crippen LogP contribution in [0.4, 0.5) is 0 Å². The third-order valence-electron chi connectivity index (χ3n) is 2.36. The van der Waals surface area contributed by atoms with Crippen molar-refractivity contribution in [1.29, 1.82) is 0 Å². The summed E-state index contributed by atoms with van der Waals surface area (Å²) in [6.07, 6.45) is 4.98. The molecule has 0 amide bonds. The van der Waals surface area contributed by atoms with E-state index in [2.05, 4.69) is 6.92 Å². The summed E-state index contributed by atoms with van der Waals surface area (Å²) in [5.74, 6) is 0.424. The van der Waals surface area contributed by atoms with Gasteiger partial charge in [0.25, 0.3) is 0 Å². The van der Waals surface area contributed by atoms with E-state index in [0.29, 0.717) is 11.5 Å². The van der Waals surface area contributed by atoms with Gasteiger partial charge in [0.15, 0.2) is 0 Å². The van der Waals surface area contributed by atoms with E-state index in [0.717, 1.165) is 12.8 Å². The Balaban J connectivity index is 1.86. The Hall–Kier alpha value is -1.25. The summed E-state index contributed by atoms with van der Waals surface area (Å²) in [6, 6.07) is 1.62. The Morgan fingerprint density at radius 3 is 2.92 bits per heavy atom. The lowest BCUT2D eigenvalue weighted by Gasteiger charge is -2.31. The van der Waals surface area contributed by atoms with Gasteiger partial charge in [-0.3, -0.25) is 0 Å². The number of esters is 1. The number of hydrogen-bond donors (Lipinski definition) is 0. The summed E-state index contributed by atoms with van der Waals surface area (Å²) in [4.78, 5) is 11.3. The molecule has 13 heavy (non-hydrogen) atoms. The van der Waals surface area contributed by atoms with E-state index in [-0.39, 0.29) is 12.1 Å². The van der Waals surface area contributed by atoms with Gasteiger partial charge in [-0.25, -0.2) is 4.79 Å². The minimum Gasteiger partial charge on any atom is -0.472 e. The molecule has 3 nitrogen and oxygen atoms in total. The molecule has 3 heteroatoms. The van der Waals surface area contributed by atoms with Crippen molar-refractivity contribution in [3.8, 4) is 0 Å². The molecule has 1 aliphatic rings. The van der Waals surface area contributed by atoms with Crippen LogP contribution in [-0.2, 0) is 4.74 Å². The Labute approximate surface area is 76.7 Å². The summed E-state index contributed by atoms with van der Waals surface area (Å²) in [5.41, 5.74) is 0.500. The molecule has 0 atom stereocenters. The van der Waals surface area contributed by atoms with Crippen LogP contribution < -0.4 is 0 Å².